The molecule has 10 nitrogen and oxygen atoms in total. The summed E-state index contributed by atoms with van der Waals surface area (Å²) in [5.74, 6) is 1.46. The molecule has 0 bridgehead atoms. The fourth-order valence-electron chi connectivity index (χ4n) is 4.15. The Kier molecular flexibility index (Phi) is 8.44. The molecule has 1 atom stereocenters. The van der Waals surface area contributed by atoms with Crippen LogP contribution >= 0.6 is 11.8 Å². The third kappa shape index (κ3) is 6.30. The molecular weight excluding hydrogens is 540 g/mol. The Labute approximate surface area is 240 Å². The molecular formula is C30H28N6O4S. The van der Waals surface area contributed by atoms with E-state index in [0.717, 1.165) is 22.6 Å². The number of thioether (sulfide) groups is 1. The average molecular weight is 569 g/mol. The SMILES string of the molecule is CCC(Sc1nnc(-c2ccc(OC)cc2)c(-c2ccc(OC)cc2)n1)C(=O)Nc1cc(=O)n(-c2ccccc2)[nH]1. The van der Waals surface area contributed by atoms with Crippen LogP contribution in [0.4, 0.5) is 5.82 Å². The molecule has 0 fully saturated rings. The van der Waals surface area contributed by atoms with Crippen LogP contribution in [0.25, 0.3) is 28.2 Å². The van der Waals surface area contributed by atoms with Gasteiger partial charge in [0.1, 0.15) is 28.7 Å². The van der Waals surface area contributed by atoms with E-state index in [1.807, 2.05) is 73.7 Å². The molecule has 1 amide bonds. The topological polar surface area (TPSA) is 124 Å². The van der Waals surface area contributed by atoms with Gasteiger partial charge in [0.2, 0.25) is 11.1 Å². The van der Waals surface area contributed by atoms with E-state index in [9.17, 15) is 9.59 Å². The number of benzene rings is 3. The Hall–Kier alpha value is -4.90. The highest BCUT2D eigenvalue weighted by Crippen LogP contribution is 2.33. The molecule has 1 unspecified atom stereocenters. The maximum atomic E-state index is 13.2. The molecule has 0 aliphatic rings. The van der Waals surface area contributed by atoms with Crippen molar-refractivity contribution < 1.29 is 14.3 Å². The predicted octanol–water partition coefficient (Wildman–Crippen LogP) is 5.21. The second kappa shape index (κ2) is 12.5. The summed E-state index contributed by atoms with van der Waals surface area (Å²) in [4.78, 5) is 30.5. The number of rotatable bonds is 10. The van der Waals surface area contributed by atoms with Crippen LogP contribution < -0.4 is 20.3 Å². The number of aromatic amines is 1. The number of aromatic nitrogens is 5. The first-order valence-corrected chi connectivity index (χ1v) is 13.8. The second-order valence-electron chi connectivity index (χ2n) is 8.93. The summed E-state index contributed by atoms with van der Waals surface area (Å²) in [6.07, 6.45) is 0.502. The summed E-state index contributed by atoms with van der Waals surface area (Å²) < 4.78 is 12.0. The van der Waals surface area contributed by atoms with Gasteiger partial charge in [0.15, 0.2) is 0 Å². The smallest absolute Gasteiger partial charge is 0.273 e. The molecule has 2 aromatic heterocycles. The van der Waals surface area contributed by atoms with Crippen LogP contribution in [0.3, 0.4) is 0 Å². The van der Waals surface area contributed by atoms with Gasteiger partial charge >= 0.3 is 0 Å². The molecule has 41 heavy (non-hydrogen) atoms. The standard InChI is InChI=1S/C30H28N6O4S/c1-4-24(29(38)31-25-18-26(37)36(35-25)21-8-6-5-7-9-21)41-30-32-27(19-10-14-22(39-2)15-11-19)28(33-34-30)20-12-16-23(40-3)17-13-20/h5-18,24,35H,4H2,1-3H3,(H,31,38). The number of ether oxygens (including phenoxy) is 2. The number of hydrogen-bond donors (Lipinski definition) is 2. The number of amides is 1. The minimum Gasteiger partial charge on any atom is -0.497 e. The van der Waals surface area contributed by atoms with Crippen molar-refractivity contribution in [3.63, 3.8) is 0 Å². The van der Waals surface area contributed by atoms with Gasteiger partial charge in [0.25, 0.3) is 5.56 Å². The highest BCUT2D eigenvalue weighted by Gasteiger charge is 2.23. The van der Waals surface area contributed by atoms with Gasteiger partial charge < -0.3 is 14.8 Å². The number of nitrogens with zero attached hydrogens (tertiary/aromatic N) is 4. The maximum absolute atomic E-state index is 13.2. The lowest BCUT2D eigenvalue weighted by atomic mass is 10.0. The molecule has 0 aliphatic heterocycles. The maximum Gasteiger partial charge on any atom is 0.273 e. The van der Waals surface area contributed by atoms with Crippen LogP contribution in [0, 0.1) is 0 Å². The van der Waals surface area contributed by atoms with Gasteiger partial charge in [0, 0.05) is 17.2 Å². The van der Waals surface area contributed by atoms with E-state index in [1.165, 1.54) is 22.5 Å². The first-order chi connectivity index (χ1) is 20.0. The van der Waals surface area contributed by atoms with E-state index in [0.29, 0.717) is 34.5 Å². The molecule has 3 aromatic carbocycles. The number of H-pyrrole nitrogens is 1. The van der Waals surface area contributed by atoms with Crippen molar-refractivity contribution in [1.82, 2.24) is 25.0 Å². The fourth-order valence-corrected chi connectivity index (χ4v) is 4.97. The normalized spacial score (nSPS) is 11.6. The van der Waals surface area contributed by atoms with E-state index in [1.54, 1.807) is 26.4 Å². The van der Waals surface area contributed by atoms with Gasteiger partial charge in [-0.15, -0.1) is 10.2 Å². The largest absolute Gasteiger partial charge is 0.497 e. The first-order valence-electron chi connectivity index (χ1n) is 12.9. The average Bonchev–Trinajstić information content (AvgIpc) is 3.39. The quantitative estimate of drug-likeness (QED) is 0.220. The van der Waals surface area contributed by atoms with Crippen LogP contribution in [-0.2, 0) is 4.79 Å². The number of carbonyl (C=O) groups excluding carboxylic acids is 1. The molecule has 0 spiro atoms. The number of nitrogens with one attached hydrogen (secondary N) is 2. The van der Waals surface area contributed by atoms with E-state index >= 15 is 0 Å². The van der Waals surface area contributed by atoms with Crippen LogP contribution in [0.5, 0.6) is 11.5 Å². The Morgan fingerprint density at radius 1 is 0.902 bits per heavy atom. The summed E-state index contributed by atoms with van der Waals surface area (Å²) in [7, 11) is 3.23. The van der Waals surface area contributed by atoms with Gasteiger partial charge in [-0.3, -0.25) is 14.7 Å². The fraction of sp³-hybridized carbons (Fsp3) is 0.167. The molecule has 0 saturated carbocycles. The van der Waals surface area contributed by atoms with Crippen molar-refractivity contribution in [3.8, 4) is 39.7 Å². The monoisotopic (exact) mass is 568 g/mol. The molecule has 5 aromatic rings. The number of methoxy groups -OCH3 is 2. The van der Waals surface area contributed by atoms with E-state index in [4.69, 9.17) is 14.5 Å². The lowest BCUT2D eigenvalue weighted by Gasteiger charge is -2.14. The molecule has 11 heteroatoms. The minimum absolute atomic E-state index is 0.280. The minimum atomic E-state index is -0.532. The number of hydrogen-bond acceptors (Lipinski definition) is 8. The van der Waals surface area contributed by atoms with Gasteiger partial charge in [-0.25, -0.2) is 9.67 Å². The van der Waals surface area contributed by atoms with E-state index in [2.05, 4.69) is 20.6 Å². The van der Waals surface area contributed by atoms with Crippen molar-refractivity contribution in [1.29, 1.82) is 0 Å². The Bertz CT molecular complexity index is 1690. The Morgan fingerprint density at radius 3 is 2.10 bits per heavy atom. The van der Waals surface area contributed by atoms with Crippen molar-refractivity contribution in [3.05, 3.63) is 95.3 Å². The molecule has 0 saturated heterocycles. The van der Waals surface area contributed by atoms with Gasteiger partial charge in [-0.2, -0.15) is 0 Å². The predicted molar refractivity (Wildman–Crippen MR) is 159 cm³/mol. The molecule has 208 valence electrons. The van der Waals surface area contributed by atoms with Crippen molar-refractivity contribution in [2.24, 2.45) is 0 Å². The van der Waals surface area contributed by atoms with Crippen molar-refractivity contribution in [2.45, 2.75) is 23.8 Å². The lowest BCUT2D eigenvalue weighted by Crippen LogP contribution is -2.25. The summed E-state index contributed by atoms with van der Waals surface area (Å²) in [5, 5.41) is 14.5. The first kappa shape index (κ1) is 27.7. The molecule has 2 heterocycles. The molecule has 0 radical (unpaired) electrons. The number of carbonyl (C=O) groups is 1. The second-order valence-corrected chi connectivity index (χ2v) is 10.1. The zero-order chi connectivity index (χ0) is 28.8. The van der Waals surface area contributed by atoms with E-state index in [-0.39, 0.29) is 11.5 Å². The molecule has 5 rings (SSSR count). The van der Waals surface area contributed by atoms with Gasteiger partial charge in [-0.05, 0) is 67.1 Å². The third-order valence-corrected chi connectivity index (χ3v) is 7.51. The summed E-state index contributed by atoms with van der Waals surface area (Å²) in [5.41, 5.74) is 3.25. The highest BCUT2D eigenvalue weighted by atomic mass is 32.2. The molecule has 0 aliphatic carbocycles. The van der Waals surface area contributed by atoms with Gasteiger partial charge in [-0.1, -0.05) is 36.9 Å². The third-order valence-electron chi connectivity index (χ3n) is 6.30. The van der Waals surface area contributed by atoms with Gasteiger partial charge in [0.05, 0.1) is 25.2 Å². The van der Waals surface area contributed by atoms with Crippen LogP contribution in [-0.4, -0.2) is 50.3 Å². The summed E-state index contributed by atoms with van der Waals surface area (Å²) in [6, 6.07) is 25.5. The Morgan fingerprint density at radius 2 is 1.51 bits per heavy atom. The number of para-hydroxylation sites is 1. The van der Waals surface area contributed by atoms with E-state index < -0.39 is 5.25 Å². The van der Waals surface area contributed by atoms with Crippen LogP contribution in [0.1, 0.15) is 13.3 Å². The lowest BCUT2D eigenvalue weighted by molar-refractivity contribution is -0.115. The van der Waals surface area contributed by atoms with Crippen LogP contribution in [0.15, 0.2) is 94.9 Å². The number of anilines is 1. The Balaban J connectivity index is 1.41. The van der Waals surface area contributed by atoms with Crippen molar-refractivity contribution >= 4 is 23.5 Å². The van der Waals surface area contributed by atoms with Crippen LogP contribution in [0.2, 0.25) is 0 Å². The summed E-state index contributed by atoms with van der Waals surface area (Å²) in [6.45, 7) is 1.90. The zero-order valence-corrected chi connectivity index (χ0v) is 23.5. The summed E-state index contributed by atoms with van der Waals surface area (Å²) >= 11 is 1.21. The zero-order valence-electron chi connectivity index (χ0n) is 22.7. The molecule has 2 N–H and O–H groups in total. The highest BCUT2D eigenvalue weighted by molar-refractivity contribution is 8.00. The van der Waals surface area contributed by atoms with Crippen molar-refractivity contribution in [2.75, 3.05) is 19.5 Å².